The number of carbonyl (C=O) groups excluding carboxylic acids is 1. The lowest BCUT2D eigenvalue weighted by atomic mass is 9.75. The number of nitrogens with two attached hydrogens (primary N) is 1. The third-order valence-corrected chi connectivity index (χ3v) is 5.69. The van der Waals surface area contributed by atoms with Crippen LogP contribution in [0.1, 0.15) is 53.5 Å². The molecule has 1 aliphatic carbocycles. The summed E-state index contributed by atoms with van der Waals surface area (Å²) in [5, 5.41) is 4.12. The minimum Gasteiger partial charge on any atom is -0.397 e. The lowest BCUT2D eigenvalue weighted by molar-refractivity contribution is 0.0825. The number of pyridine rings is 1. The molecule has 21 heavy (non-hydrogen) atoms. The van der Waals surface area contributed by atoms with Crippen LogP contribution in [0.2, 0.25) is 0 Å². The second kappa shape index (κ2) is 4.98. The summed E-state index contributed by atoms with van der Waals surface area (Å²) >= 11 is 1.40. The highest BCUT2D eigenvalue weighted by molar-refractivity contribution is 7.21. The molecule has 4 nitrogen and oxygen atoms in total. The predicted molar refractivity (Wildman–Crippen MR) is 87.8 cm³/mol. The van der Waals surface area contributed by atoms with Crippen LogP contribution in [0.3, 0.4) is 0 Å². The van der Waals surface area contributed by atoms with Gasteiger partial charge in [-0.1, -0.05) is 6.92 Å². The molecule has 0 aromatic carbocycles. The Morgan fingerprint density at radius 3 is 2.76 bits per heavy atom. The van der Waals surface area contributed by atoms with Crippen LogP contribution in [0.15, 0.2) is 6.07 Å². The number of nitrogen functional groups attached to an aromatic ring is 1. The molecule has 2 aromatic heterocycles. The van der Waals surface area contributed by atoms with Crippen molar-refractivity contribution in [3.8, 4) is 0 Å². The molecule has 1 amide bonds. The maximum Gasteiger partial charge on any atom is 0.264 e. The van der Waals surface area contributed by atoms with Crippen LogP contribution >= 0.6 is 11.3 Å². The number of aromatic nitrogens is 1. The van der Waals surface area contributed by atoms with Crippen molar-refractivity contribution in [3.63, 3.8) is 0 Å². The number of aryl methyl sites for hydroxylation is 2. The van der Waals surface area contributed by atoms with Crippen LogP contribution in [0.5, 0.6) is 0 Å². The quantitative estimate of drug-likeness (QED) is 0.911. The summed E-state index contributed by atoms with van der Waals surface area (Å²) in [6.45, 7) is 6.10. The summed E-state index contributed by atoms with van der Waals surface area (Å²) < 4.78 is 0. The molecule has 2 aromatic rings. The maximum absolute atomic E-state index is 12.6. The molecule has 1 fully saturated rings. The number of hydrogen-bond donors (Lipinski definition) is 2. The van der Waals surface area contributed by atoms with E-state index in [1.807, 2.05) is 19.9 Å². The second-order valence-corrected chi connectivity index (χ2v) is 7.05. The van der Waals surface area contributed by atoms with Gasteiger partial charge in [-0.05, 0) is 51.2 Å². The van der Waals surface area contributed by atoms with E-state index in [0.29, 0.717) is 10.6 Å². The average molecular weight is 303 g/mol. The first kappa shape index (κ1) is 14.3. The van der Waals surface area contributed by atoms with Crippen molar-refractivity contribution < 1.29 is 4.79 Å². The Balaban J connectivity index is 1.99. The van der Waals surface area contributed by atoms with E-state index in [-0.39, 0.29) is 11.4 Å². The van der Waals surface area contributed by atoms with Gasteiger partial charge in [0.15, 0.2) is 0 Å². The van der Waals surface area contributed by atoms with Gasteiger partial charge in [0.2, 0.25) is 0 Å². The van der Waals surface area contributed by atoms with Gasteiger partial charge < -0.3 is 11.1 Å². The first-order valence-electron chi connectivity index (χ1n) is 7.44. The zero-order valence-corrected chi connectivity index (χ0v) is 13.6. The largest absolute Gasteiger partial charge is 0.397 e. The SMILES string of the molecule is CCC1(NC(=O)c2sc3nc(C)cc(C)c3c2N)CCC1. The van der Waals surface area contributed by atoms with Gasteiger partial charge in [0.25, 0.3) is 5.91 Å². The van der Waals surface area contributed by atoms with Crippen molar-refractivity contribution in [2.24, 2.45) is 0 Å². The lowest BCUT2D eigenvalue weighted by Crippen LogP contribution is -2.52. The molecule has 2 heterocycles. The zero-order chi connectivity index (χ0) is 15.2. The summed E-state index contributed by atoms with van der Waals surface area (Å²) in [5.74, 6) is -0.0471. The number of nitrogens with one attached hydrogen (secondary N) is 1. The van der Waals surface area contributed by atoms with Crippen molar-refractivity contribution in [1.29, 1.82) is 0 Å². The Morgan fingerprint density at radius 2 is 2.19 bits per heavy atom. The van der Waals surface area contributed by atoms with Crippen LogP contribution in [-0.4, -0.2) is 16.4 Å². The van der Waals surface area contributed by atoms with E-state index in [1.54, 1.807) is 0 Å². The fraction of sp³-hybridized carbons (Fsp3) is 0.500. The molecule has 3 rings (SSSR count). The van der Waals surface area contributed by atoms with E-state index in [1.165, 1.54) is 17.8 Å². The second-order valence-electron chi connectivity index (χ2n) is 6.05. The molecule has 0 saturated heterocycles. The smallest absolute Gasteiger partial charge is 0.264 e. The van der Waals surface area contributed by atoms with Gasteiger partial charge in [-0.15, -0.1) is 11.3 Å². The number of amides is 1. The number of hydrogen-bond acceptors (Lipinski definition) is 4. The van der Waals surface area contributed by atoms with E-state index in [9.17, 15) is 4.79 Å². The molecule has 0 bridgehead atoms. The van der Waals surface area contributed by atoms with Gasteiger partial charge in [0, 0.05) is 16.6 Å². The van der Waals surface area contributed by atoms with E-state index < -0.39 is 0 Å². The van der Waals surface area contributed by atoms with Gasteiger partial charge in [-0.3, -0.25) is 4.79 Å². The van der Waals surface area contributed by atoms with Gasteiger partial charge >= 0.3 is 0 Å². The molecule has 112 valence electrons. The number of rotatable bonds is 3. The summed E-state index contributed by atoms with van der Waals surface area (Å²) in [7, 11) is 0. The Morgan fingerprint density at radius 1 is 1.48 bits per heavy atom. The third-order valence-electron chi connectivity index (χ3n) is 4.60. The van der Waals surface area contributed by atoms with Crippen LogP contribution in [0, 0.1) is 13.8 Å². The summed E-state index contributed by atoms with van der Waals surface area (Å²) in [4.78, 5) is 18.6. The van der Waals surface area contributed by atoms with Crippen molar-refractivity contribution in [2.45, 2.75) is 52.0 Å². The average Bonchev–Trinajstić information content (AvgIpc) is 2.71. The Bertz CT molecular complexity index is 710. The maximum atomic E-state index is 12.6. The van der Waals surface area contributed by atoms with Crippen LogP contribution in [-0.2, 0) is 0 Å². The number of fused-ring (bicyclic) bond motifs is 1. The highest BCUT2D eigenvalue weighted by atomic mass is 32.1. The number of carbonyl (C=O) groups is 1. The fourth-order valence-electron chi connectivity index (χ4n) is 3.11. The molecular formula is C16H21N3OS. The highest BCUT2D eigenvalue weighted by Gasteiger charge is 2.37. The van der Waals surface area contributed by atoms with E-state index >= 15 is 0 Å². The fourth-order valence-corrected chi connectivity index (χ4v) is 4.22. The topological polar surface area (TPSA) is 68.0 Å². The van der Waals surface area contributed by atoms with Gasteiger partial charge in [0.05, 0.1) is 5.69 Å². The minimum absolute atomic E-state index is 0.0158. The molecule has 0 atom stereocenters. The summed E-state index contributed by atoms with van der Waals surface area (Å²) in [5.41, 5.74) is 8.81. The molecule has 1 aliphatic rings. The van der Waals surface area contributed by atoms with Crippen molar-refractivity contribution in [1.82, 2.24) is 10.3 Å². The number of thiophene rings is 1. The normalized spacial score (nSPS) is 16.7. The molecule has 5 heteroatoms. The highest BCUT2D eigenvalue weighted by Crippen LogP contribution is 2.38. The Labute approximate surface area is 128 Å². The molecule has 0 aliphatic heterocycles. The van der Waals surface area contributed by atoms with Crippen molar-refractivity contribution in [2.75, 3.05) is 5.73 Å². The standard InChI is InChI=1S/C16H21N3OS/c1-4-16(6-5-7-16)19-14(20)13-12(17)11-9(2)8-10(3)18-15(11)21-13/h8H,4-7,17H2,1-3H3,(H,19,20). The van der Waals surface area contributed by atoms with Crippen LogP contribution in [0.25, 0.3) is 10.2 Å². The lowest BCUT2D eigenvalue weighted by Gasteiger charge is -2.41. The molecule has 3 N–H and O–H groups in total. The first-order chi connectivity index (χ1) is 9.96. The van der Waals surface area contributed by atoms with Gasteiger partial charge in [0.1, 0.15) is 9.71 Å². The van der Waals surface area contributed by atoms with Crippen LogP contribution < -0.4 is 11.1 Å². The molecule has 0 spiro atoms. The van der Waals surface area contributed by atoms with Crippen molar-refractivity contribution in [3.05, 3.63) is 22.2 Å². The van der Waals surface area contributed by atoms with E-state index in [0.717, 1.165) is 40.7 Å². The van der Waals surface area contributed by atoms with E-state index in [4.69, 9.17) is 5.73 Å². The van der Waals surface area contributed by atoms with Gasteiger partial charge in [-0.2, -0.15) is 0 Å². The zero-order valence-electron chi connectivity index (χ0n) is 12.7. The first-order valence-corrected chi connectivity index (χ1v) is 8.26. The van der Waals surface area contributed by atoms with Crippen molar-refractivity contribution >= 4 is 33.1 Å². The molecule has 0 unspecified atom stereocenters. The number of nitrogens with zero attached hydrogens (tertiary/aromatic N) is 1. The Hall–Kier alpha value is -1.62. The Kier molecular flexibility index (Phi) is 3.40. The predicted octanol–water partition coefficient (Wildman–Crippen LogP) is 3.56. The molecule has 0 radical (unpaired) electrons. The summed E-state index contributed by atoms with van der Waals surface area (Å²) in [6, 6.07) is 2.01. The molecule has 1 saturated carbocycles. The monoisotopic (exact) mass is 303 g/mol. The minimum atomic E-state index is -0.0471. The van der Waals surface area contributed by atoms with Crippen LogP contribution in [0.4, 0.5) is 5.69 Å². The third kappa shape index (κ3) is 2.29. The van der Waals surface area contributed by atoms with Gasteiger partial charge in [-0.25, -0.2) is 4.98 Å². The number of anilines is 1. The van der Waals surface area contributed by atoms with E-state index in [2.05, 4.69) is 17.2 Å². The molecular weight excluding hydrogens is 282 g/mol. The summed E-state index contributed by atoms with van der Waals surface area (Å²) in [6.07, 6.45) is 4.29.